The number of nitrogens with one attached hydrogen (secondary N) is 1. The number of thiophene rings is 1. The first-order valence-electron chi connectivity index (χ1n) is 7.03. The van der Waals surface area contributed by atoms with E-state index in [4.69, 9.17) is 5.41 Å². The van der Waals surface area contributed by atoms with Gasteiger partial charge >= 0.3 is 0 Å². The predicted molar refractivity (Wildman–Crippen MR) is 91.1 cm³/mol. The van der Waals surface area contributed by atoms with E-state index in [1.165, 1.54) is 29.5 Å². The number of carbonyl (C=O) groups excluding carboxylic acids is 1. The Morgan fingerprint density at radius 1 is 0.958 bits per heavy atom. The molecule has 0 saturated heterocycles. The molecule has 1 aromatic heterocycles. The highest BCUT2D eigenvalue weighted by Crippen LogP contribution is 2.35. The Labute approximate surface area is 141 Å². The molecule has 2 heterocycles. The van der Waals surface area contributed by atoms with Gasteiger partial charge in [-0.15, -0.1) is 0 Å². The van der Waals surface area contributed by atoms with Crippen LogP contribution in [0.25, 0.3) is 0 Å². The van der Waals surface area contributed by atoms with Crippen LogP contribution in [-0.4, -0.2) is 11.6 Å². The Bertz CT molecular complexity index is 876. The number of halogens is 2. The predicted octanol–water partition coefficient (Wildman–Crippen LogP) is 4.76. The van der Waals surface area contributed by atoms with Gasteiger partial charge in [0.1, 0.15) is 17.3 Å². The van der Waals surface area contributed by atoms with E-state index in [1.54, 1.807) is 4.90 Å². The molecule has 3 nitrogen and oxygen atoms in total. The normalized spacial score (nSPS) is 12.7. The molecule has 0 saturated carbocycles. The van der Waals surface area contributed by atoms with E-state index in [0.29, 0.717) is 5.56 Å². The van der Waals surface area contributed by atoms with Crippen molar-refractivity contribution in [2.75, 3.05) is 4.90 Å². The maximum absolute atomic E-state index is 12.0. The molecule has 120 valence electrons. The van der Waals surface area contributed by atoms with E-state index in [0.717, 1.165) is 17.4 Å². The van der Waals surface area contributed by atoms with Gasteiger partial charge in [0.05, 0.1) is 11.4 Å². The fourth-order valence-electron chi connectivity index (χ4n) is 2.32. The summed E-state index contributed by atoms with van der Waals surface area (Å²) in [6, 6.07) is 13.8. The van der Waals surface area contributed by atoms with E-state index in [1.807, 2.05) is 41.1 Å². The second-order valence-electron chi connectivity index (χ2n) is 4.95. The van der Waals surface area contributed by atoms with Gasteiger partial charge in [0.2, 0.25) is 0 Å². The maximum atomic E-state index is 12.0. The smallest absolute Gasteiger partial charge is 0.281 e. The fraction of sp³-hybridized carbons (Fsp3) is 0. The molecule has 0 unspecified atom stereocenters. The molecule has 24 heavy (non-hydrogen) atoms. The van der Waals surface area contributed by atoms with Crippen molar-refractivity contribution < 1.29 is 13.6 Å². The van der Waals surface area contributed by atoms with Crippen molar-refractivity contribution in [3.8, 4) is 0 Å². The number of hydrogen-bond acceptors (Lipinski definition) is 3. The quantitative estimate of drug-likeness (QED) is 0.681. The summed E-state index contributed by atoms with van der Waals surface area (Å²) in [7, 11) is 0. The summed E-state index contributed by atoms with van der Waals surface area (Å²) in [6.45, 7) is 0. The van der Waals surface area contributed by atoms with Gasteiger partial charge in [-0.1, -0.05) is 24.3 Å². The third kappa shape index (κ3) is 3.09. The molecule has 0 aliphatic carbocycles. The largest absolute Gasteiger partial charge is 0.295 e. The lowest BCUT2D eigenvalue weighted by molar-refractivity contribution is -0.111. The molecule has 1 N–H and O–H groups in total. The average Bonchev–Trinajstić information content (AvgIpc) is 3.16. The Hall–Kier alpha value is -2.86. The van der Waals surface area contributed by atoms with Crippen LogP contribution in [0.4, 0.5) is 20.2 Å². The molecule has 0 spiro atoms. The zero-order valence-electron chi connectivity index (χ0n) is 12.4. The van der Waals surface area contributed by atoms with Gasteiger partial charge in [0.15, 0.2) is 0 Å². The van der Waals surface area contributed by atoms with E-state index >= 15 is 0 Å². The van der Waals surface area contributed by atoms with Crippen LogP contribution in [0.3, 0.4) is 0 Å². The molecule has 3 aromatic rings. The minimum Gasteiger partial charge on any atom is -0.295 e. The van der Waals surface area contributed by atoms with Crippen LogP contribution in [0, 0.1) is 17.0 Å². The van der Waals surface area contributed by atoms with E-state index in [-0.39, 0.29) is 11.6 Å². The van der Waals surface area contributed by atoms with Gasteiger partial charge in [-0.2, -0.15) is 11.3 Å². The van der Waals surface area contributed by atoms with Crippen LogP contribution in [0.1, 0.15) is 5.56 Å². The Morgan fingerprint density at radius 2 is 1.67 bits per heavy atom. The number of para-hydroxylation sites is 1. The van der Waals surface area contributed by atoms with Gasteiger partial charge in [0.25, 0.3) is 5.91 Å². The van der Waals surface area contributed by atoms with Gasteiger partial charge in [-0.05, 0) is 29.6 Å². The summed E-state index contributed by atoms with van der Waals surface area (Å²) in [5.74, 6) is -1.32. The highest BCUT2D eigenvalue weighted by atomic mass is 32.1. The first-order valence-corrected chi connectivity index (χ1v) is 7.98. The van der Waals surface area contributed by atoms with Crippen molar-refractivity contribution in [2.45, 2.75) is 0 Å². The SMILES string of the molecule is Fc1cccc(F)c1.N=C1C(=O)N(c2ccsc2)c2ccccc21. The lowest BCUT2D eigenvalue weighted by atomic mass is 10.1. The van der Waals surface area contributed by atoms with Crippen LogP contribution in [0.5, 0.6) is 0 Å². The molecule has 6 heteroatoms. The first-order chi connectivity index (χ1) is 11.6. The average molecular weight is 342 g/mol. The topological polar surface area (TPSA) is 44.2 Å². The summed E-state index contributed by atoms with van der Waals surface area (Å²) >= 11 is 1.54. The van der Waals surface area contributed by atoms with E-state index in [9.17, 15) is 13.6 Å². The van der Waals surface area contributed by atoms with E-state index in [2.05, 4.69) is 0 Å². The van der Waals surface area contributed by atoms with Gasteiger partial charge in [-0.25, -0.2) is 8.78 Å². The summed E-state index contributed by atoms with van der Waals surface area (Å²) in [5.41, 5.74) is 2.42. The van der Waals surface area contributed by atoms with Crippen molar-refractivity contribution >= 4 is 34.3 Å². The van der Waals surface area contributed by atoms with Crippen molar-refractivity contribution in [3.63, 3.8) is 0 Å². The van der Waals surface area contributed by atoms with E-state index < -0.39 is 11.6 Å². The number of hydrogen-bond donors (Lipinski definition) is 1. The van der Waals surface area contributed by atoms with Gasteiger partial charge in [-0.3, -0.25) is 15.1 Å². The number of fused-ring (bicyclic) bond motifs is 1. The number of carbonyl (C=O) groups is 1. The summed E-state index contributed by atoms with van der Waals surface area (Å²) in [6.07, 6.45) is 0. The summed E-state index contributed by atoms with van der Waals surface area (Å²) in [4.78, 5) is 13.6. The molecule has 0 radical (unpaired) electrons. The van der Waals surface area contributed by atoms with Crippen molar-refractivity contribution in [1.82, 2.24) is 0 Å². The van der Waals surface area contributed by atoms with Gasteiger partial charge < -0.3 is 0 Å². The Kier molecular flexibility index (Phi) is 4.48. The van der Waals surface area contributed by atoms with Gasteiger partial charge in [0, 0.05) is 17.0 Å². The Morgan fingerprint density at radius 3 is 2.25 bits per heavy atom. The molecular formula is C18H12F2N2OS. The molecule has 1 aliphatic heterocycles. The molecule has 4 rings (SSSR count). The zero-order valence-corrected chi connectivity index (χ0v) is 13.2. The second kappa shape index (κ2) is 6.72. The number of anilines is 2. The molecule has 2 aromatic carbocycles. The minimum absolute atomic E-state index is 0.0711. The highest BCUT2D eigenvalue weighted by Gasteiger charge is 2.33. The van der Waals surface area contributed by atoms with Crippen LogP contribution < -0.4 is 4.90 Å². The summed E-state index contributed by atoms with van der Waals surface area (Å²) < 4.78 is 23.9. The number of rotatable bonds is 1. The van der Waals surface area contributed by atoms with Crippen LogP contribution in [-0.2, 0) is 4.79 Å². The molecule has 1 amide bonds. The van der Waals surface area contributed by atoms with Crippen LogP contribution in [0.2, 0.25) is 0 Å². The van der Waals surface area contributed by atoms with Crippen molar-refractivity contribution in [1.29, 1.82) is 5.41 Å². The molecule has 0 fully saturated rings. The Balaban J connectivity index is 0.000000179. The minimum atomic E-state index is -0.537. The van der Waals surface area contributed by atoms with Crippen LogP contribution >= 0.6 is 11.3 Å². The molecule has 0 bridgehead atoms. The third-order valence-corrected chi connectivity index (χ3v) is 4.05. The lowest BCUT2D eigenvalue weighted by Gasteiger charge is -2.14. The zero-order chi connectivity index (χ0) is 17.1. The van der Waals surface area contributed by atoms with Crippen molar-refractivity contribution in [2.24, 2.45) is 0 Å². The van der Waals surface area contributed by atoms with Crippen LogP contribution in [0.15, 0.2) is 65.4 Å². The number of nitrogens with zero attached hydrogens (tertiary/aromatic N) is 1. The highest BCUT2D eigenvalue weighted by molar-refractivity contribution is 7.08. The maximum Gasteiger partial charge on any atom is 0.281 e. The molecular weight excluding hydrogens is 330 g/mol. The standard InChI is InChI=1S/C12H8N2OS.C6H4F2/c13-11-9-3-1-2-4-10(9)14(12(11)15)8-5-6-16-7-8;7-5-2-1-3-6(8)4-5/h1-7,13H;1-4H. The molecule has 1 aliphatic rings. The fourth-order valence-corrected chi connectivity index (χ4v) is 2.94. The summed E-state index contributed by atoms with van der Waals surface area (Å²) in [5, 5.41) is 11.6. The number of amides is 1. The lowest BCUT2D eigenvalue weighted by Crippen LogP contribution is -2.24. The monoisotopic (exact) mass is 342 g/mol. The van der Waals surface area contributed by atoms with Crippen molar-refractivity contribution in [3.05, 3.63) is 82.6 Å². The molecule has 0 atom stereocenters. The first kappa shape index (κ1) is 16.0. The second-order valence-corrected chi connectivity index (χ2v) is 5.73. The third-order valence-electron chi connectivity index (χ3n) is 3.38. The number of benzene rings is 2.